The number of likely N-dealkylation sites (N-methyl/N-ethyl adjacent to an activating group) is 1. The molecule has 1 unspecified atom stereocenters. The molecule has 0 aliphatic rings. The molecule has 134 valence electrons. The van der Waals surface area contributed by atoms with Crippen molar-refractivity contribution in [2.75, 3.05) is 12.4 Å². The number of carbonyl (C=O) groups excluding carboxylic acids is 1. The predicted molar refractivity (Wildman–Crippen MR) is 96.4 cm³/mol. The van der Waals surface area contributed by atoms with Gasteiger partial charge in [0.2, 0.25) is 5.91 Å². The van der Waals surface area contributed by atoms with Crippen molar-refractivity contribution in [3.8, 4) is 0 Å². The molecule has 0 bridgehead atoms. The highest BCUT2D eigenvalue weighted by Crippen LogP contribution is 2.24. The Hall–Kier alpha value is -2.27. The normalized spacial score (nSPS) is 12.5. The molecule has 2 aromatic carbocycles. The van der Waals surface area contributed by atoms with E-state index in [0.29, 0.717) is 5.56 Å². The van der Waals surface area contributed by atoms with Crippen LogP contribution in [0.5, 0.6) is 0 Å². The molecule has 3 nitrogen and oxygen atoms in total. The van der Waals surface area contributed by atoms with E-state index in [1.807, 2.05) is 24.3 Å². The topological polar surface area (TPSA) is 32.3 Å². The Morgan fingerprint density at radius 3 is 2.44 bits per heavy atom. The molecule has 0 aromatic heterocycles. The molecule has 1 amide bonds. The van der Waals surface area contributed by atoms with E-state index in [-0.39, 0.29) is 18.4 Å². The molecule has 0 aliphatic carbocycles. The van der Waals surface area contributed by atoms with Crippen molar-refractivity contribution in [2.45, 2.75) is 39.3 Å². The van der Waals surface area contributed by atoms with E-state index >= 15 is 0 Å². The number of nitrogens with one attached hydrogen (secondary N) is 1. The number of benzene rings is 2. The van der Waals surface area contributed by atoms with Crippen LogP contribution in [0.2, 0.25) is 0 Å². The van der Waals surface area contributed by atoms with Crippen LogP contribution in [0, 0.1) is 11.6 Å². The van der Waals surface area contributed by atoms with Crippen molar-refractivity contribution in [3.05, 3.63) is 65.2 Å². The number of nitrogens with zero attached hydrogens (tertiary/aromatic N) is 1. The first-order valence-electron chi connectivity index (χ1n) is 8.33. The summed E-state index contributed by atoms with van der Waals surface area (Å²) in [6.07, 6.45) is 0. The number of carbonyl (C=O) groups is 1. The number of hydrogen-bond acceptors (Lipinski definition) is 2. The smallest absolute Gasteiger partial charge is 0.241 e. The fraction of sp³-hybridized carbons (Fsp3) is 0.350. The molecule has 25 heavy (non-hydrogen) atoms. The van der Waals surface area contributed by atoms with Crippen LogP contribution in [0.15, 0.2) is 42.5 Å². The largest absolute Gasteiger partial charge is 0.324 e. The molecule has 0 spiro atoms. The maximum Gasteiger partial charge on any atom is 0.241 e. The molecule has 0 saturated carbocycles. The van der Waals surface area contributed by atoms with Gasteiger partial charge in [-0.2, -0.15) is 0 Å². The quantitative estimate of drug-likeness (QED) is 0.832. The molecule has 2 rings (SSSR count). The summed E-state index contributed by atoms with van der Waals surface area (Å²) in [5.41, 5.74) is 2.21. The van der Waals surface area contributed by atoms with Gasteiger partial charge in [-0.25, -0.2) is 8.78 Å². The fourth-order valence-electron chi connectivity index (χ4n) is 2.61. The number of para-hydroxylation sites is 1. The van der Waals surface area contributed by atoms with Gasteiger partial charge in [-0.15, -0.1) is 0 Å². The molecule has 0 heterocycles. The van der Waals surface area contributed by atoms with E-state index < -0.39 is 17.7 Å². The third-order valence-corrected chi connectivity index (χ3v) is 4.32. The summed E-state index contributed by atoms with van der Waals surface area (Å²) >= 11 is 0. The zero-order valence-electron chi connectivity index (χ0n) is 15.0. The minimum atomic E-state index is -0.611. The molecule has 5 heteroatoms. The zero-order chi connectivity index (χ0) is 18.6. The lowest BCUT2D eigenvalue weighted by atomic mass is 10.0. The Morgan fingerprint density at radius 2 is 1.80 bits per heavy atom. The van der Waals surface area contributed by atoms with Gasteiger partial charge in [-0.1, -0.05) is 38.1 Å². The first kappa shape index (κ1) is 19.1. The average Bonchev–Trinajstić information content (AvgIpc) is 2.56. The van der Waals surface area contributed by atoms with Crippen LogP contribution in [-0.4, -0.2) is 23.9 Å². The third-order valence-electron chi connectivity index (χ3n) is 4.32. The molecule has 2 aromatic rings. The summed E-state index contributed by atoms with van der Waals surface area (Å²) in [5.74, 6) is -1.10. The van der Waals surface area contributed by atoms with Crippen molar-refractivity contribution < 1.29 is 13.6 Å². The molecule has 1 atom stereocenters. The summed E-state index contributed by atoms with van der Waals surface area (Å²) in [4.78, 5) is 14.3. The summed E-state index contributed by atoms with van der Waals surface area (Å²) in [6, 6.07) is 10.7. The molecule has 1 N–H and O–H groups in total. The van der Waals surface area contributed by atoms with Gasteiger partial charge in [0.05, 0.1) is 6.04 Å². The number of amides is 1. The minimum Gasteiger partial charge on any atom is -0.324 e. The van der Waals surface area contributed by atoms with Crippen molar-refractivity contribution in [3.63, 3.8) is 0 Å². The Balaban J connectivity index is 2.06. The highest BCUT2D eigenvalue weighted by molar-refractivity contribution is 5.95. The van der Waals surface area contributed by atoms with Crippen LogP contribution in [0.1, 0.15) is 37.8 Å². The van der Waals surface area contributed by atoms with Gasteiger partial charge in [0.1, 0.15) is 11.6 Å². The standard InChI is InChI=1S/C20H24F2N2O/c1-13(2)17-7-5-6-8-19(17)23-20(25)14(3)24(4)12-15-9-10-16(21)11-18(15)22/h5-11,13-14H,12H2,1-4H3,(H,23,25). The number of halogens is 2. The minimum absolute atomic E-state index is 0.168. The fourth-order valence-corrected chi connectivity index (χ4v) is 2.61. The first-order chi connectivity index (χ1) is 11.8. The highest BCUT2D eigenvalue weighted by atomic mass is 19.1. The Kier molecular flexibility index (Phi) is 6.26. The molecule has 0 radical (unpaired) electrons. The molecule has 0 saturated heterocycles. The van der Waals surface area contributed by atoms with Crippen molar-refractivity contribution in [2.24, 2.45) is 0 Å². The van der Waals surface area contributed by atoms with E-state index in [9.17, 15) is 13.6 Å². The van der Waals surface area contributed by atoms with Crippen LogP contribution >= 0.6 is 0 Å². The van der Waals surface area contributed by atoms with E-state index in [0.717, 1.165) is 17.3 Å². The molecule has 0 aliphatic heterocycles. The van der Waals surface area contributed by atoms with Gasteiger partial charge >= 0.3 is 0 Å². The van der Waals surface area contributed by atoms with Gasteiger partial charge < -0.3 is 5.32 Å². The van der Waals surface area contributed by atoms with Crippen molar-refractivity contribution in [1.29, 1.82) is 0 Å². The molecular formula is C20H24F2N2O. The summed E-state index contributed by atoms with van der Waals surface area (Å²) < 4.78 is 26.8. The van der Waals surface area contributed by atoms with Gasteiger partial charge in [0.25, 0.3) is 0 Å². The maximum atomic E-state index is 13.8. The monoisotopic (exact) mass is 346 g/mol. The predicted octanol–water partition coefficient (Wildman–Crippen LogP) is 4.55. The van der Waals surface area contributed by atoms with Gasteiger partial charge in [-0.3, -0.25) is 9.69 Å². The van der Waals surface area contributed by atoms with E-state index in [1.165, 1.54) is 12.1 Å². The second-order valence-corrected chi connectivity index (χ2v) is 6.56. The third kappa shape index (κ3) is 4.86. The van der Waals surface area contributed by atoms with Crippen molar-refractivity contribution in [1.82, 2.24) is 4.90 Å². The average molecular weight is 346 g/mol. The van der Waals surface area contributed by atoms with E-state index in [4.69, 9.17) is 0 Å². The lowest BCUT2D eigenvalue weighted by Gasteiger charge is -2.25. The lowest BCUT2D eigenvalue weighted by molar-refractivity contribution is -0.120. The second-order valence-electron chi connectivity index (χ2n) is 6.56. The SMILES string of the molecule is CC(C)c1ccccc1NC(=O)C(C)N(C)Cc1ccc(F)cc1F. The number of anilines is 1. The van der Waals surface area contributed by atoms with Crippen LogP contribution in [0.3, 0.4) is 0 Å². The summed E-state index contributed by atoms with van der Waals surface area (Å²) in [6.45, 7) is 6.11. The Bertz CT molecular complexity index is 746. The van der Waals surface area contributed by atoms with Crippen LogP contribution in [-0.2, 0) is 11.3 Å². The van der Waals surface area contributed by atoms with Crippen LogP contribution in [0.4, 0.5) is 14.5 Å². The molecule has 0 fully saturated rings. The van der Waals surface area contributed by atoms with Gasteiger partial charge in [0.15, 0.2) is 0 Å². The summed E-state index contributed by atoms with van der Waals surface area (Å²) in [5, 5.41) is 2.95. The number of hydrogen-bond donors (Lipinski definition) is 1. The summed E-state index contributed by atoms with van der Waals surface area (Å²) in [7, 11) is 1.74. The van der Waals surface area contributed by atoms with Crippen LogP contribution < -0.4 is 5.32 Å². The second kappa shape index (κ2) is 8.21. The number of rotatable bonds is 6. The van der Waals surface area contributed by atoms with Gasteiger partial charge in [0, 0.05) is 23.9 Å². The highest BCUT2D eigenvalue weighted by Gasteiger charge is 2.20. The zero-order valence-corrected chi connectivity index (χ0v) is 15.0. The Labute approximate surface area is 147 Å². The van der Waals surface area contributed by atoms with E-state index in [2.05, 4.69) is 19.2 Å². The van der Waals surface area contributed by atoms with Crippen molar-refractivity contribution >= 4 is 11.6 Å². The maximum absolute atomic E-state index is 13.8. The van der Waals surface area contributed by atoms with Crippen LogP contribution in [0.25, 0.3) is 0 Å². The lowest BCUT2D eigenvalue weighted by Crippen LogP contribution is -2.39. The Morgan fingerprint density at radius 1 is 1.12 bits per heavy atom. The first-order valence-corrected chi connectivity index (χ1v) is 8.33. The molecular weight excluding hydrogens is 322 g/mol. The van der Waals surface area contributed by atoms with E-state index in [1.54, 1.807) is 18.9 Å². The van der Waals surface area contributed by atoms with Gasteiger partial charge in [-0.05, 0) is 37.6 Å².